The molecule has 0 N–H and O–H groups in total. The molecule has 1 saturated carbocycles. The van der Waals surface area contributed by atoms with E-state index in [2.05, 4.69) is 13.5 Å². The van der Waals surface area contributed by atoms with Crippen molar-refractivity contribution in [3.63, 3.8) is 0 Å². The van der Waals surface area contributed by atoms with Crippen molar-refractivity contribution in [1.29, 1.82) is 0 Å². The largest absolute Gasteiger partial charge is 0.0691 e. The first-order valence-corrected chi connectivity index (χ1v) is 11.9. The fourth-order valence-corrected chi connectivity index (χ4v) is 8.45. The Balaban J connectivity index is 1.72. The zero-order valence-corrected chi connectivity index (χ0v) is 13.8. The summed E-state index contributed by atoms with van der Waals surface area (Å²) < 4.78 is 0. The first-order valence-electron chi connectivity index (χ1n) is 8.73. The van der Waals surface area contributed by atoms with Crippen LogP contribution in [0.3, 0.4) is 0 Å². The van der Waals surface area contributed by atoms with Crippen LogP contribution in [0.1, 0.15) is 71.1 Å². The summed E-state index contributed by atoms with van der Waals surface area (Å²) in [4.78, 5) is 0. The van der Waals surface area contributed by atoms with Crippen LogP contribution in [0.15, 0.2) is 0 Å². The van der Waals surface area contributed by atoms with Gasteiger partial charge in [-0.1, -0.05) is 95.8 Å². The highest BCUT2D eigenvalue weighted by molar-refractivity contribution is 6.78. The van der Waals surface area contributed by atoms with E-state index in [1.54, 1.807) is 43.8 Å². The predicted octanol–water partition coefficient (Wildman–Crippen LogP) is 6.25. The maximum Gasteiger partial charge on any atom is 0.0505 e. The molecule has 1 aliphatic carbocycles. The van der Waals surface area contributed by atoms with Crippen molar-refractivity contribution in [3.05, 3.63) is 0 Å². The normalized spacial score (nSPS) is 34.7. The molecule has 0 aromatic carbocycles. The van der Waals surface area contributed by atoms with Crippen LogP contribution in [-0.4, -0.2) is 8.07 Å². The minimum absolute atomic E-state index is 0.779. The van der Waals surface area contributed by atoms with E-state index in [0.29, 0.717) is 0 Å². The van der Waals surface area contributed by atoms with Crippen molar-refractivity contribution in [2.45, 2.75) is 95.8 Å². The molecule has 0 nitrogen and oxygen atoms in total. The smallest absolute Gasteiger partial charge is 0.0505 e. The number of rotatable bonds is 5. The third-order valence-corrected chi connectivity index (χ3v) is 10.5. The van der Waals surface area contributed by atoms with E-state index in [1.165, 1.54) is 38.5 Å². The van der Waals surface area contributed by atoms with Crippen molar-refractivity contribution < 1.29 is 0 Å². The highest BCUT2D eigenvalue weighted by atomic mass is 28.3. The van der Waals surface area contributed by atoms with Gasteiger partial charge in [0.05, 0.1) is 8.07 Å². The highest BCUT2D eigenvalue weighted by Gasteiger charge is 2.35. The molecule has 0 aromatic rings. The Morgan fingerprint density at radius 3 is 2.06 bits per heavy atom. The molecule has 1 saturated heterocycles. The molecular formula is C17H34Si. The topological polar surface area (TPSA) is 0 Å². The van der Waals surface area contributed by atoms with E-state index in [0.717, 1.165) is 11.8 Å². The molecule has 0 bridgehead atoms. The van der Waals surface area contributed by atoms with Gasteiger partial charge in [0.25, 0.3) is 0 Å². The molecule has 0 aromatic heterocycles. The number of unbranched alkanes of at least 4 members (excludes halogenated alkanes) is 2. The molecule has 1 aliphatic heterocycles. The first-order chi connectivity index (χ1) is 8.73. The SMILES string of the molecule is CCCCC[Si]1(C)CCC(C2CCCCC2)CC1. The van der Waals surface area contributed by atoms with Gasteiger partial charge in [0.1, 0.15) is 0 Å². The van der Waals surface area contributed by atoms with Gasteiger partial charge in [-0.3, -0.25) is 0 Å². The van der Waals surface area contributed by atoms with Crippen molar-refractivity contribution in [1.82, 2.24) is 0 Å². The van der Waals surface area contributed by atoms with E-state index in [9.17, 15) is 0 Å². The van der Waals surface area contributed by atoms with Gasteiger partial charge >= 0.3 is 0 Å². The highest BCUT2D eigenvalue weighted by Crippen LogP contribution is 2.43. The molecule has 0 unspecified atom stereocenters. The monoisotopic (exact) mass is 266 g/mol. The van der Waals surface area contributed by atoms with Crippen LogP contribution in [0, 0.1) is 11.8 Å². The summed E-state index contributed by atoms with van der Waals surface area (Å²) >= 11 is 0. The van der Waals surface area contributed by atoms with E-state index in [1.807, 2.05) is 0 Å². The average molecular weight is 267 g/mol. The summed E-state index contributed by atoms with van der Waals surface area (Å²) in [6.07, 6.45) is 15.4. The Morgan fingerprint density at radius 2 is 1.44 bits per heavy atom. The molecular weight excluding hydrogens is 232 g/mol. The van der Waals surface area contributed by atoms with Crippen molar-refractivity contribution >= 4 is 8.07 Å². The predicted molar refractivity (Wildman–Crippen MR) is 84.9 cm³/mol. The van der Waals surface area contributed by atoms with Gasteiger partial charge in [-0.15, -0.1) is 0 Å². The summed E-state index contributed by atoms with van der Waals surface area (Å²) in [5.41, 5.74) is 0. The second-order valence-corrected chi connectivity index (χ2v) is 12.6. The van der Waals surface area contributed by atoms with Gasteiger partial charge in [-0.05, 0) is 11.8 Å². The zero-order valence-electron chi connectivity index (χ0n) is 12.8. The quantitative estimate of drug-likeness (QED) is 0.408. The van der Waals surface area contributed by atoms with Crippen molar-refractivity contribution in [2.75, 3.05) is 0 Å². The molecule has 18 heavy (non-hydrogen) atoms. The fourth-order valence-electron chi connectivity index (χ4n) is 4.47. The maximum atomic E-state index is 2.71. The van der Waals surface area contributed by atoms with Gasteiger partial charge in [-0.25, -0.2) is 0 Å². The Hall–Kier alpha value is 0.217. The summed E-state index contributed by atoms with van der Waals surface area (Å²) in [6.45, 7) is 5.05. The number of hydrogen-bond acceptors (Lipinski definition) is 0. The second-order valence-electron chi connectivity index (χ2n) is 7.50. The molecule has 0 radical (unpaired) electrons. The first kappa shape index (κ1) is 14.6. The molecule has 106 valence electrons. The lowest BCUT2D eigenvalue weighted by molar-refractivity contribution is 0.229. The Labute approximate surface area is 116 Å². The summed E-state index contributed by atoms with van der Waals surface area (Å²) in [7, 11) is -0.779. The molecule has 2 aliphatic rings. The van der Waals surface area contributed by atoms with Crippen LogP contribution in [-0.2, 0) is 0 Å². The Bertz CT molecular complexity index is 222. The van der Waals surface area contributed by atoms with Gasteiger partial charge < -0.3 is 0 Å². The molecule has 2 rings (SSSR count). The summed E-state index contributed by atoms with van der Waals surface area (Å²) in [5, 5.41) is 0. The molecule has 0 atom stereocenters. The number of hydrogen-bond donors (Lipinski definition) is 0. The Morgan fingerprint density at radius 1 is 0.833 bits per heavy atom. The average Bonchev–Trinajstić information content (AvgIpc) is 2.41. The lowest BCUT2D eigenvalue weighted by Gasteiger charge is -2.40. The summed E-state index contributed by atoms with van der Waals surface area (Å²) in [5.74, 6) is 2.27. The van der Waals surface area contributed by atoms with Gasteiger partial charge in [0.2, 0.25) is 0 Å². The minimum atomic E-state index is -0.779. The third kappa shape index (κ3) is 4.11. The molecule has 1 heteroatoms. The Kier molecular flexibility index (Phi) is 5.78. The van der Waals surface area contributed by atoms with Crippen molar-refractivity contribution in [3.8, 4) is 0 Å². The van der Waals surface area contributed by atoms with Crippen LogP contribution in [0.4, 0.5) is 0 Å². The van der Waals surface area contributed by atoms with Gasteiger partial charge in [-0.2, -0.15) is 0 Å². The lowest BCUT2D eigenvalue weighted by Crippen LogP contribution is -2.36. The molecule has 0 amide bonds. The molecule has 2 fully saturated rings. The zero-order chi connectivity index (χ0) is 12.8. The van der Waals surface area contributed by atoms with Crippen LogP contribution in [0.5, 0.6) is 0 Å². The van der Waals surface area contributed by atoms with Crippen LogP contribution in [0.25, 0.3) is 0 Å². The van der Waals surface area contributed by atoms with E-state index >= 15 is 0 Å². The van der Waals surface area contributed by atoms with Gasteiger partial charge in [0, 0.05) is 0 Å². The van der Waals surface area contributed by atoms with E-state index < -0.39 is 8.07 Å². The molecule has 0 spiro atoms. The van der Waals surface area contributed by atoms with Crippen molar-refractivity contribution in [2.24, 2.45) is 11.8 Å². The third-order valence-electron chi connectivity index (χ3n) is 5.94. The fraction of sp³-hybridized carbons (Fsp3) is 1.00. The second kappa shape index (κ2) is 7.12. The molecule has 1 heterocycles. The maximum absolute atomic E-state index is 2.71. The van der Waals surface area contributed by atoms with E-state index in [4.69, 9.17) is 0 Å². The van der Waals surface area contributed by atoms with Crippen LogP contribution < -0.4 is 0 Å². The van der Waals surface area contributed by atoms with Crippen LogP contribution >= 0.6 is 0 Å². The minimum Gasteiger partial charge on any atom is -0.0691 e. The van der Waals surface area contributed by atoms with E-state index in [-0.39, 0.29) is 0 Å². The standard InChI is InChI=1S/C17H34Si/c1-3-4-8-13-18(2)14-11-17(12-15-18)16-9-6-5-7-10-16/h16-17H,3-15H2,1-2H3. The lowest BCUT2D eigenvalue weighted by atomic mass is 9.77. The van der Waals surface area contributed by atoms with Gasteiger partial charge in [0.15, 0.2) is 0 Å². The van der Waals surface area contributed by atoms with Crippen LogP contribution in [0.2, 0.25) is 24.7 Å². The summed E-state index contributed by atoms with van der Waals surface area (Å²) in [6, 6.07) is 4.97.